The highest BCUT2D eigenvalue weighted by atomic mass is 19.1. The fourth-order valence-electron chi connectivity index (χ4n) is 6.28. The molecule has 1 aromatic carbocycles. The number of nitrogens with two attached hydrogens (primary N) is 1. The molecule has 9 heteroatoms. The molecule has 1 aromatic heterocycles. The maximum absolute atomic E-state index is 14.1. The Morgan fingerprint density at radius 2 is 2.08 bits per heavy atom. The molecule has 0 radical (unpaired) electrons. The van der Waals surface area contributed by atoms with Gasteiger partial charge in [-0.3, -0.25) is 4.79 Å². The molecule has 0 bridgehead atoms. The number of halogens is 1. The molecule has 194 valence electrons. The molecule has 3 fully saturated rings. The van der Waals surface area contributed by atoms with Crippen molar-refractivity contribution in [2.75, 3.05) is 44.2 Å². The van der Waals surface area contributed by atoms with Gasteiger partial charge in [0.1, 0.15) is 17.9 Å². The van der Waals surface area contributed by atoms with Gasteiger partial charge in [0.05, 0.1) is 11.8 Å². The highest BCUT2D eigenvalue weighted by Crippen LogP contribution is 2.48. The Morgan fingerprint density at radius 1 is 1.31 bits per heavy atom. The van der Waals surface area contributed by atoms with Crippen LogP contribution in [0.2, 0.25) is 0 Å². The van der Waals surface area contributed by atoms with E-state index < -0.39 is 5.82 Å². The van der Waals surface area contributed by atoms with Crippen LogP contribution in [0.1, 0.15) is 50.4 Å². The summed E-state index contributed by atoms with van der Waals surface area (Å²) in [6, 6.07) is 4.44. The number of likely N-dealkylation sites (tertiary alicyclic amines) is 1. The maximum Gasteiger partial charge on any atom is 0.257 e. The quantitative estimate of drug-likeness (QED) is 0.598. The zero-order chi connectivity index (χ0) is 25.4. The van der Waals surface area contributed by atoms with E-state index in [1.54, 1.807) is 11.1 Å². The summed E-state index contributed by atoms with van der Waals surface area (Å²) in [4.78, 5) is 28.4. The average molecular weight is 497 g/mol. The fourth-order valence-corrected chi connectivity index (χ4v) is 6.28. The van der Waals surface area contributed by atoms with Crippen molar-refractivity contribution in [2.24, 2.45) is 17.1 Å². The van der Waals surface area contributed by atoms with Crippen molar-refractivity contribution >= 4 is 11.7 Å². The number of carbonyl (C=O) groups is 1. The third-order valence-corrected chi connectivity index (χ3v) is 7.89. The zero-order valence-electron chi connectivity index (χ0n) is 21.5. The van der Waals surface area contributed by atoms with Crippen LogP contribution in [0.5, 0.6) is 11.5 Å². The number of nitrogens with zero attached hydrogens (tertiary/aromatic N) is 5. The van der Waals surface area contributed by atoms with Crippen molar-refractivity contribution in [3.05, 3.63) is 42.1 Å². The minimum atomic E-state index is -0.478. The Labute approximate surface area is 212 Å². The van der Waals surface area contributed by atoms with Gasteiger partial charge < -0.3 is 25.2 Å². The summed E-state index contributed by atoms with van der Waals surface area (Å²) in [5.41, 5.74) is 6.70. The van der Waals surface area contributed by atoms with Crippen LogP contribution in [-0.4, -0.2) is 77.0 Å². The Kier molecular flexibility index (Phi) is 6.87. The van der Waals surface area contributed by atoms with Crippen LogP contribution in [0.3, 0.4) is 0 Å². The second-order valence-corrected chi connectivity index (χ2v) is 11.1. The number of rotatable bonds is 8. The van der Waals surface area contributed by atoms with E-state index in [1.165, 1.54) is 50.5 Å². The van der Waals surface area contributed by atoms with Crippen molar-refractivity contribution < 1.29 is 13.9 Å². The maximum atomic E-state index is 14.1. The van der Waals surface area contributed by atoms with Gasteiger partial charge in [0.2, 0.25) is 0 Å². The summed E-state index contributed by atoms with van der Waals surface area (Å²) in [5.74, 6) is 1.30. The standard InChI is InChI=1S/C27H37FN6O2/c1-4-34(18(2)3)26(35)22-9-20(28)5-6-23(22)36-24-12-30-17-31-25(24)33-8-7-19(14-33)13-32-15-27(16-32)10-21(29)11-27/h5-6,9,12,17-19,21H,4,7-8,10-11,13-16,29H2,1-3H3. The Bertz CT molecular complexity index is 1100. The van der Waals surface area contributed by atoms with Crippen LogP contribution in [0.4, 0.5) is 10.2 Å². The van der Waals surface area contributed by atoms with E-state index in [2.05, 4.69) is 19.8 Å². The number of aromatic nitrogens is 2. The van der Waals surface area contributed by atoms with Crippen molar-refractivity contribution in [1.82, 2.24) is 19.8 Å². The SMILES string of the molecule is CCN(C(=O)c1cc(F)ccc1Oc1cncnc1N1CCC(CN2CC3(CC(N)C3)C2)C1)C(C)C. The minimum Gasteiger partial charge on any atom is -0.451 e. The normalized spacial score (nSPS) is 21.5. The van der Waals surface area contributed by atoms with E-state index >= 15 is 0 Å². The van der Waals surface area contributed by atoms with E-state index in [4.69, 9.17) is 10.5 Å². The van der Waals surface area contributed by atoms with Gasteiger partial charge in [-0.05, 0) is 69.6 Å². The van der Waals surface area contributed by atoms with Gasteiger partial charge in [0, 0.05) is 51.4 Å². The Balaban J connectivity index is 1.28. The number of hydrogen-bond donors (Lipinski definition) is 1. The van der Waals surface area contributed by atoms with Gasteiger partial charge in [-0.15, -0.1) is 0 Å². The van der Waals surface area contributed by atoms with Crippen LogP contribution in [0, 0.1) is 17.2 Å². The lowest BCUT2D eigenvalue weighted by atomic mass is 9.61. The summed E-state index contributed by atoms with van der Waals surface area (Å²) in [5, 5.41) is 0. The molecule has 2 aromatic rings. The molecule has 3 aliphatic rings. The van der Waals surface area contributed by atoms with Gasteiger partial charge in [0.15, 0.2) is 11.6 Å². The zero-order valence-corrected chi connectivity index (χ0v) is 21.5. The van der Waals surface area contributed by atoms with Crippen LogP contribution in [-0.2, 0) is 0 Å². The topological polar surface area (TPSA) is 87.8 Å². The number of ether oxygens (including phenoxy) is 1. The Hall–Kier alpha value is -2.78. The average Bonchev–Trinajstić information content (AvgIpc) is 3.27. The molecule has 1 spiro atoms. The molecule has 36 heavy (non-hydrogen) atoms. The van der Waals surface area contributed by atoms with Crippen molar-refractivity contribution in [3.8, 4) is 11.5 Å². The molecule has 1 atom stereocenters. The molecular weight excluding hydrogens is 459 g/mol. The second kappa shape index (κ2) is 9.94. The number of amides is 1. The molecule has 1 amide bonds. The first-order valence-electron chi connectivity index (χ1n) is 13.1. The fraction of sp³-hybridized carbons (Fsp3) is 0.593. The first-order chi connectivity index (χ1) is 17.3. The lowest BCUT2D eigenvalue weighted by Gasteiger charge is -2.59. The van der Waals surface area contributed by atoms with E-state index in [0.717, 1.165) is 26.1 Å². The van der Waals surface area contributed by atoms with Crippen LogP contribution >= 0.6 is 0 Å². The lowest BCUT2D eigenvalue weighted by Crippen LogP contribution is -2.65. The number of benzene rings is 1. The van der Waals surface area contributed by atoms with E-state index in [9.17, 15) is 9.18 Å². The molecule has 5 rings (SSSR count). The first-order valence-corrected chi connectivity index (χ1v) is 13.1. The molecule has 2 aliphatic heterocycles. The van der Waals surface area contributed by atoms with E-state index in [0.29, 0.717) is 41.2 Å². The van der Waals surface area contributed by atoms with Crippen molar-refractivity contribution in [3.63, 3.8) is 0 Å². The van der Waals surface area contributed by atoms with Crippen LogP contribution < -0.4 is 15.4 Å². The summed E-state index contributed by atoms with van der Waals surface area (Å²) in [6.45, 7) is 11.5. The monoisotopic (exact) mass is 496 g/mol. The summed E-state index contributed by atoms with van der Waals surface area (Å²) in [7, 11) is 0. The number of carbonyl (C=O) groups excluding carboxylic acids is 1. The molecule has 1 saturated carbocycles. The predicted molar refractivity (Wildman–Crippen MR) is 137 cm³/mol. The largest absolute Gasteiger partial charge is 0.451 e. The summed E-state index contributed by atoms with van der Waals surface area (Å²) < 4.78 is 20.4. The summed E-state index contributed by atoms with van der Waals surface area (Å²) in [6.07, 6.45) is 6.56. The van der Waals surface area contributed by atoms with Crippen LogP contribution in [0.25, 0.3) is 0 Å². The van der Waals surface area contributed by atoms with E-state index in [-0.39, 0.29) is 17.5 Å². The summed E-state index contributed by atoms with van der Waals surface area (Å²) >= 11 is 0. The third kappa shape index (κ3) is 4.91. The predicted octanol–water partition coefficient (Wildman–Crippen LogP) is 3.53. The Morgan fingerprint density at radius 3 is 2.78 bits per heavy atom. The highest BCUT2D eigenvalue weighted by Gasteiger charge is 2.51. The number of hydrogen-bond acceptors (Lipinski definition) is 7. The molecule has 1 aliphatic carbocycles. The molecule has 2 saturated heterocycles. The second-order valence-electron chi connectivity index (χ2n) is 11.1. The van der Waals surface area contributed by atoms with Gasteiger partial charge in [-0.1, -0.05) is 0 Å². The lowest BCUT2D eigenvalue weighted by molar-refractivity contribution is -0.0758. The molecule has 2 N–H and O–H groups in total. The smallest absolute Gasteiger partial charge is 0.257 e. The number of anilines is 1. The highest BCUT2D eigenvalue weighted by molar-refractivity contribution is 5.97. The molecule has 1 unspecified atom stereocenters. The first kappa shape index (κ1) is 24.9. The van der Waals surface area contributed by atoms with Gasteiger partial charge in [-0.2, -0.15) is 0 Å². The molecule has 8 nitrogen and oxygen atoms in total. The minimum absolute atomic E-state index is 0.0157. The molecular formula is C27H37FN6O2. The van der Waals surface area contributed by atoms with Crippen molar-refractivity contribution in [2.45, 2.75) is 52.1 Å². The van der Waals surface area contributed by atoms with Gasteiger partial charge >= 0.3 is 0 Å². The van der Waals surface area contributed by atoms with Gasteiger partial charge in [-0.25, -0.2) is 14.4 Å². The van der Waals surface area contributed by atoms with Crippen molar-refractivity contribution in [1.29, 1.82) is 0 Å². The van der Waals surface area contributed by atoms with Crippen LogP contribution in [0.15, 0.2) is 30.7 Å². The van der Waals surface area contributed by atoms with E-state index in [1.807, 2.05) is 20.8 Å². The van der Waals surface area contributed by atoms with Gasteiger partial charge in [0.25, 0.3) is 5.91 Å². The third-order valence-electron chi connectivity index (χ3n) is 7.89. The molecule has 3 heterocycles.